The molecule has 0 saturated heterocycles. The fraction of sp³-hybridized carbons (Fsp3) is 0.231. The molecule has 1 atom stereocenters. The summed E-state index contributed by atoms with van der Waals surface area (Å²) in [5, 5.41) is 11.0. The number of aromatic nitrogens is 3. The smallest absolute Gasteiger partial charge is 0.249 e. The molecule has 0 aliphatic carbocycles. The van der Waals surface area contributed by atoms with Crippen LogP contribution in [0.25, 0.3) is 11.0 Å². The molecule has 9 nitrogen and oxygen atoms in total. The average molecular weight is 492 g/mol. The number of benzene rings is 3. The van der Waals surface area contributed by atoms with Crippen LogP contribution in [0.4, 0.5) is 10.1 Å². The standard InChI is InChI=1S/C26H26FN5O4/c1-35-16-15-28-26(34)25(18-11-13-19(36-2)14-12-18)32(22-9-5-3-7-20(22)27)24(33)17-31-23-10-6-4-8-21(23)29-30-31/h3-14,25H,15-17H2,1-2H3,(H,28,34). The van der Waals surface area contributed by atoms with E-state index in [0.717, 1.165) is 4.90 Å². The number of nitrogens with zero attached hydrogens (tertiary/aromatic N) is 4. The first-order valence-corrected chi connectivity index (χ1v) is 11.3. The molecular formula is C26H26FN5O4. The van der Waals surface area contributed by atoms with Gasteiger partial charge < -0.3 is 14.8 Å². The van der Waals surface area contributed by atoms with Gasteiger partial charge in [0.15, 0.2) is 0 Å². The van der Waals surface area contributed by atoms with Crippen LogP contribution in [0.2, 0.25) is 0 Å². The molecule has 1 unspecified atom stereocenters. The molecule has 4 aromatic rings. The molecule has 36 heavy (non-hydrogen) atoms. The van der Waals surface area contributed by atoms with Crippen molar-refractivity contribution in [3.05, 3.63) is 84.2 Å². The van der Waals surface area contributed by atoms with E-state index in [0.29, 0.717) is 22.3 Å². The van der Waals surface area contributed by atoms with Gasteiger partial charge in [-0.15, -0.1) is 5.10 Å². The van der Waals surface area contributed by atoms with E-state index in [1.54, 1.807) is 42.5 Å². The van der Waals surface area contributed by atoms with E-state index in [2.05, 4.69) is 15.6 Å². The Balaban J connectivity index is 1.79. The van der Waals surface area contributed by atoms with Crippen LogP contribution < -0.4 is 15.0 Å². The predicted molar refractivity (Wildman–Crippen MR) is 132 cm³/mol. The number of amides is 2. The van der Waals surface area contributed by atoms with Crippen LogP contribution in [0.3, 0.4) is 0 Å². The minimum atomic E-state index is -1.17. The van der Waals surface area contributed by atoms with Crippen molar-refractivity contribution in [2.45, 2.75) is 12.6 Å². The summed E-state index contributed by atoms with van der Waals surface area (Å²) in [5.74, 6) is -1.09. The van der Waals surface area contributed by atoms with Gasteiger partial charge in [0.1, 0.15) is 29.7 Å². The number of para-hydroxylation sites is 2. The van der Waals surface area contributed by atoms with Crippen LogP contribution in [0.15, 0.2) is 72.8 Å². The summed E-state index contributed by atoms with van der Waals surface area (Å²) in [6, 6.07) is 18.6. The Morgan fingerprint density at radius 3 is 2.47 bits per heavy atom. The van der Waals surface area contributed by atoms with Gasteiger partial charge in [-0.25, -0.2) is 9.07 Å². The van der Waals surface area contributed by atoms with Gasteiger partial charge in [-0.2, -0.15) is 0 Å². The number of anilines is 1. The molecule has 0 bridgehead atoms. The molecule has 0 aliphatic heterocycles. The minimum absolute atomic E-state index is 0.0327. The van der Waals surface area contributed by atoms with Crippen LogP contribution in [0.1, 0.15) is 11.6 Å². The van der Waals surface area contributed by atoms with E-state index in [1.165, 1.54) is 37.1 Å². The van der Waals surface area contributed by atoms with Gasteiger partial charge in [0.2, 0.25) is 11.8 Å². The van der Waals surface area contributed by atoms with E-state index in [9.17, 15) is 9.59 Å². The number of nitrogens with one attached hydrogen (secondary N) is 1. The lowest BCUT2D eigenvalue weighted by Crippen LogP contribution is -2.46. The highest BCUT2D eigenvalue weighted by molar-refractivity contribution is 6.01. The van der Waals surface area contributed by atoms with Gasteiger partial charge in [0, 0.05) is 13.7 Å². The third-order valence-electron chi connectivity index (χ3n) is 5.63. The van der Waals surface area contributed by atoms with Gasteiger partial charge in [-0.05, 0) is 42.0 Å². The maximum Gasteiger partial charge on any atom is 0.249 e. The number of ether oxygens (including phenoxy) is 2. The zero-order chi connectivity index (χ0) is 25.5. The Hall–Kier alpha value is -4.31. The highest BCUT2D eigenvalue weighted by Gasteiger charge is 2.34. The Morgan fingerprint density at radius 2 is 1.75 bits per heavy atom. The number of hydrogen-bond donors (Lipinski definition) is 1. The molecule has 4 rings (SSSR count). The number of halogens is 1. The summed E-state index contributed by atoms with van der Waals surface area (Å²) in [6.07, 6.45) is 0. The highest BCUT2D eigenvalue weighted by Crippen LogP contribution is 2.31. The van der Waals surface area contributed by atoms with Crippen molar-refractivity contribution in [2.75, 3.05) is 32.3 Å². The van der Waals surface area contributed by atoms with E-state index >= 15 is 4.39 Å². The molecule has 10 heteroatoms. The number of hydrogen-bond acceptors (Lipinski definition) is 6. The van der Waals surface area contributed by atoms with Gasteiger partial charge >= 0.3 is 0 Å². The number of carbonyl (C=O) groups excluding carboxylic acids is 2. The molecule has 0 radical (unpaired) electrons. The summed E-state index contributed by atoms with van der Waals surface area (Å²) < 4.78 is 26.8. The monoisotopic (exact) mass is 491 g/mol. The molecule has 0 aliphatic rings. The molecular weight excluding hydrogens is 465 g/mol. The van der Waals surface area contributed by atoms with Crippen molar-refractivity contribution in [1.82, 2.24) is 20.3 Å². The maximum atomic E-state index is 15.1. The Kier molecular flexibility index (Phi) is 7.86. The summed E-state index contributed by atoms with van der Waals surface area (Å²) >= 11 is 0. The molecule has 1 aromatic heterocycles. The number of rotatable bonds is 10. The van der Waals surface area contributed by atoms with E-state index in [4.69, 9.17) is 9.47 Å². The lowest BCUT2D eigenvalue weighted by molar-refractivity contribution is -0.127. The molecule has 1 heterocycles. The SMILES string of the molecule is COCCNC(=O)C(c1ccc(OC)cc1)N(C(=O)Cn1nnc2ccccc21)c1ccccc1F. The normalized spacial score (nSPS) is 11.8. The van der Waals surface area contributed by atoms with Crippen molar-refractivity contribution >= 4 is 28.5 Å². The molecule has 0 fully saturated rings. The first-order valence-electron chi connectivity index (χ1n) is 11.3. The predicted octanol–water partition coefficient (Wildman–Crippen LogP) is 3.12. The van der Waals surface area contributed by atoms with Crippen molar-refractivity contribution in [3.8, 4) is 5.75 Å². The van der Waals surface area contributed by atoms with Crippen LogP contribution in [-0.2, 0) is 20.9 Å². The van der Waals surface area contributed by atoms with Crippen LogP contribution in [0, 0.1) is 5.82 Å². The molecule has 2 amide bonds. The maximum absolute atomic E-state index is 15.1. The minimum Gasteiger partial charge on any atom is -0.497 e. The fourth-order valence-electron chi connectivity index (χ4n) is 3.88. The van der Waals surface area contributed by atoms with Gasteiger partial charge in [-0.3, -0.25) is 14.5 Å². The number of methoxy groups -OCH3 is 2. The highest BCUT2D eigenvalue weighted by atomic mass is 19.1. The molecule has 1 N–H and O–H groups in total. The topological polar surface area (TPSA) is 98.6 Å². The van der Waals surface area contributed by atoms with Crippen molar-refractivity contribution in [2.24, 2.45) is 0 Å². The Morgan fingerprint density at radius 1 is 1.03 bits per heavy atom. The van der Waals surface area contributed by atoms with Crippen molar-refractivity contribution in [3.63, 3.8) is 0 Å². The second-order valence-corrected chi connectivity index (χ2v) is 7.91. The van der Waals surface area contributed by atoms with Gasteiger partial charge in [-0.1, -0.05) is 41.6 Å². The summed E-state index contributed by atoms with van der Waals surface area (Å²) in [6.45, 7) is 0.238. The van der Waals surface area contributed by atoms with Crippen LogP contribution in [0.5, 0.6) is 5.75 Å². The zero-order valence-electron chi connectivity index (χ0n) is 19.9. The average Bonchev–Trinajstić information content (AvgIpc) is 3.30. The third-order valence-corrected chi connectivity index (χ3v) is 5.63. The van der Waals surface area contributed by atoms with Gasteiger partial charge in [0.25, 0.3) is 0 Å². The zero-order valence-corrected chi connectivity index (χ0v) is 19.9. The second kappa shape index (κ2) is 11.4. The summed E-state index contributed by atoms with van der Waals surface area (Å²) in [5.41, 5.74) is 1.71. The van der Waals surface area contributed by atoms with E-state index < -0.39 is 23.7 Å². The van der Waals surface area contributed by atoms with E-state index in [1.807, 2.05) is 12.1 Å². The molecule has 3 aromatic carbocycles. The lowest BCUT2D eigenvalue weighted by atomic mass is 10.0. The Labute approximate surface area is 207 Å². The van der Waals surface area contributed by atoms with Gasteiger partial charge in [0.05, 0.1) is 24.9 Å². The first kappa shape index (κ1) is 24.8. The number of fused-ring (bicyclic) bond motifs is 1. The quantitative estimate of drug-likeness (QED) is 0.342. The summed E-state index contributed by atoms with van der Waals surface area (Å²) in [7, 11) is 3.05. The Bertz CT molecular complexity index is 1340. The fourth-order valence-corrected chi connectivity index (χ4v) is 3.88. The number of carbonyl (C=O) groups is 2. The first-order chi connectivity index (χ1) is 17.5. The van der Waals surface area contributed by atoms with Crippen LogP contribution >= 0.6 is 0 Å². The molecule has 0 saturated carbocycles. The second-order valence-electron chi connectivity index (χ2n) is 7.91. The summed E-state index contributed by atoms with van der Waals surface area (Å²) in [4.78, 5) is 28.5. The van der Waals surface area contributed by atoms with Crippen molar-refractivity contribution in [1.29, 1.82) is 0 Å². The largest absolute Gasteiger partial charge is 0.497 e. The van der Waals surface area contributed by atoms with E-state index in [-0.39, 0.29) is 25.4 Å². The van der Waals surface area contributed by atoms with Crippen molar-refractivity contribution < 1.29 is 23.5 Å². The molecule has 0 spiro atoms. The lowest BCUT2D eigenvalue weighted by Gasteiger charge is -2.31. The molecule has 186 valence electrons. The van der Waals surface area contributed by atoms with Crippen LogP contribution in [-0.4, -0.2) is 54.2 Å². The third kappa shape index (κ3) is 5.33.